The van der Waals surface area contributed by atoms with Crippen molar-refractivity contribution in [3.8, 4) is 0 Å². The van der Waals surface area contributed by atoms with Crippen LogP contribution in [0.2, 0.25) is 10.0 Å². The van der Waals surface area contributed by atoms with Crippen LogP contribution < -0.4 is 10.0 Å². The van der Waals surface area contributed by atoms with Crippen molar-refractivity contribution in [1.29, 1.82) is 0 Å². The van der Waals surface area contributed by atoms with E-state index in [2.05, 4.69) is 4.98 Å². The van der Waals surface area contributed by atoms with Gasteiger partial charge in [-0.1, -0.05) is 23.2 Å². The van der Waals surface area contributed by atoms with Crippen molar-refractivity contribution < 1.29 is 13.2 Å². The third-order valence-electron chi connectivity index (χ3n) is 2.74. The van der Waals surface area contributed by atoms with Crippen molar-refractivity contribution in [3.05, 3.63) is 22.3 Å². The molecule has 6 nitrogen and oxygen atoms in total. The van der Waals surface area contributed by atoms with Crippen molar-refractivity contribution in [3.63, 3.8) is 0 Å². The minimum absolute atomic E-state index is 0.123. The molecule has 1 amide bonds. The van der Waals surface area contributed by atoms with Gasteiger partial charge >= 0.3 is 0 Å². The number of carbonyl (C=O) groups is 1. The maximum Gasteiger partial charge on any atom is 0.228 e. The van der Waals surface area contributed by atoms with Gasteiger partial charge in [-0.25, -0.2) is 18.5 Å². The Morgan fingerprint density at radius 2 is 2.11 bits per heavy atom. The summed E-state index contributed by atoms with van der Waals surface area (Å²) < 4.78 is 22.1. The first-order valence-electron chi connectivity index (χ1n) is 5.38. The van der Waals surface area contributed by atoms with Gasteiger partial charge in [0, 0.05) is 31.1 Å². The number of nitrogens with two attached hydrogens (primary N) is 1. The second-order valence-corrected chi connectivity index (χ2v) is 6.83. The molecule has 1 aromatic rings. The van der Waals surface area contributed by atoms with E-state index in [0.717, 1.165) is 0 Å². The quantitative estimate of drug-likeness (QED) is 0.898. The van der Waals surface area contributed by atoms with Gasteiger partial charge in [-0.3, -0.25) is 9.69 Å². The Morgan fingerprint density at radius 3 is 2.68 bits per heavy atom. The number of sulfonamides is 1. The first-order chi connectivity index (χ1) is 8.76. The van der Waals surface area contributed by atoms with Crippen LogP contribution in [0.5, 0.6) is 0 Å². The Hall–Kier alpha value is -0.890. The molecule has 1 fully saturated rings. The highest BCUT2D eigenvalue weighted by Crippen LogP contribution is 2.29. The van der Waals surface area contributed by atoms with Gasteiger partial charge < -0.3 is 0 Å². The molecule has 0 aliphatic carbocycles. The van der Waals surface area contributed by atoms with Crippen molar-refractivity contribution >= 4 is 45.0 Å². The summed E-state index contributed by atoms with van der Waals surface area (Å²) >= 11 is 11.6. The maximum absolute atomic E-state index is 11.8. The van der Waals surface area contributed by atoms with Crippen LogP contribution in [-0.4, -0.2) is 31.6 Å². The summed E-state index contributed by atoms with van der Waals surface area (Å²) in [6.07, 6.45) is 1.47. The second kappa shape index (κ2) is 5.24. The number of hydrogen-bond donors (Lipinski definition) is 1. The van der Waals surface area contributed by atoms with Crippen molar-refractivity contribution in [2.75, 3.05) is 17.2 Å². The Kier molecular flexibility index (Phi) is 4.00. The van der Waals surface area contributed by atoms with Crippen LogP contribution in [-0.2, 0) is 14.8 Å². The number of rotatable bonds is 3. The van der Waals surface area contributed by atoms with Crippen LogP contribution in [0, 0.1) is 5.92 Å². The third kappa shape index (κ3) is 3.56. The van der Waals surface area contributed by atoms with E-state index in [-0.39, 0.29) is 40.6 Å². The summed E-state index contributed by atoms with van der Waals surface area (Å²) in [7, 11) is -3.60. The molecule has 0 radical (unpaired) electrons. The van der Waals surface area contributed by atoms with Gasteiger partial charge in [0.1, 0.15) is 5.82 Å². The molecule has 2 N–H and O–H groups in total. The zero-order chi connectivity index (χ0) is 14.2. The average molecular weight is 324 g/mol. The normalized spacial score (nSPS) is 20.1. The lowest BCUT2D eigenvalue weighted by molar-refractivity contribution is -0.117. The number of anilines is 1. The van der Waals surface area contributed by atoms with E-state index in [1.165, 1.54) is 17.2 Å². The molecule has 19 heavy (non-hydrogen) atoms. The summed E-state index contributed by atoms with van der Waals surface area (Å²) in [5.74, 6) is -0.411. The van der Waals surface area contributed by atoms with E-state index in [1.54, 1.807) is 0 Å². The van der Waals surface area contributed by atoms with Crippen LogP contribution in [0.1, 0.15) is 6.42 Å². The number of carbonyl (C=O) groups excluding carboxylic acids is 1. The van der Waals surface area contributed by atoms with E-state index in [0.29, 0.717) is 5.82 Å². The number of aromatic nitrogens is 1. The van der Waals surface area contributed by atoms with E-state index in [9.17, 15) is 13.2 Å². The molecular formula is C10H11Cl2N3O3S. The lowest BCUT2D eigenvalue weighted by Crippen LogP contribution is -2.28. The highest BCUT2D eigenvalue weighted by atomic mass is 35.5. The fourth-order valence-corrected chi connectivity index (χ4v) is 3.12. The number of amides is 1. The zero-order valence-corrected chi connectivity index (χ0v) is 12.0. The van der Waals surface area contributed by atoms with Crippen LogP contribution in [0.3, 0.4) is 0 Å². The number of halogens is 2. The predicted molar refractivity (Wildman–Crippen MR) is 72.7 cm³/mol. The Balaban J connectivity index is 2.18. The van der Waals surface area contributed by atoms with Crippen molar-refractivity contribution in [2.24, 2.45) is 11.1 Å². The lowest BCUT2D eigenvalue weighted by Gasteiger charge is -2.15. The summed E-state index contributed by atoms with van der Waals surface area (Å²) in [4.78, 5) is 17.2. The first kappa shape index (κ1) is 14.5. The fraction of sp³-hybridized carbons (Fsp3) is 0.400. The number of pyridine rings is 1. The number of hydrogen-bond acceptors (Lipinski definition) is 4. The molecule has 1 atom stereocenters. The van der Waals surface area contributed by atoms with Gasteiger partial charge in [0.15, 0.2) is 0 Å². The molecule has 1 aromatic heterocycles. The minimum atomic E-state index is -3.60. The van der Waals surface area contributed by atoms with Gasteiger partial charge in [-0.2, -0.15) is 0 Å². The van der Waals surface area contributed by atoms with Crippen LogP contribution in [0.15, 0.2) is 12.3 Å². The van der Waals surface area contributed by atoms with E-state index in [4.69, 9.17) is 28.3 Å². The second-order valence-electron chi connectivity index (χ2n) is 4.36. The maximum atomic E-state index is 11.8. The SMILES string of the molecule is NS(=O)(=O)CC1CC(=O)N(c2cc(Cl)c(Cl)cn2)C1. The summed E-state index contributed by atoms with van der Waals surface area (Å²) in [5, 5.41) is 5.55. The number of nitrogens with zero attached hydrogens (tertiary/aromatic N) is 2. The molecule has 104 valence electrons. The molecule has 2 rings (SSSR count). The lowest BCUT2D eigenvalue weighted by atomic mass is 10.1. The molecule has 0 saturated carbocycles. The average Bonchev–Trinajstić information content (AvgIpc) is 2.61. The van der Waals surface area contributed by atoms with Crippen molar-refractivity contribution in [1.82, 2.24) is 4.98 Å². The fourth-order valence-electron chi connectivity index (χ4n) is 1.99. The third-order valence-corrected chi connectivity index (χ3v) is 4.39. The van der Waals surface area contributed by atoms with Gasteiger partial charge in [-0.15, -0.1) is 0 Å². The largest absolute Gasteiger partial charge is 0.296 e. The zero-order valence-electron chi connectivity index (χ0n) is 9.71. The van der Waals surface area contributed by atoms with E-state index in [1.807, 2.05) is 0 Å². The molecule has 0 bridgehead atoms. The monoisotopic (exact) mass is 323 g/mol. The smallest absolute Gasteiger partial charge is 0.228 e. The Morgan fingerprint density at radius 1 is 1.42 bits per heavy atom. The minimum Gasteiger partial charge on any atom is -0.296 e. The van der Waals surface area contributed by atoms with Crippen molar-refractivity contribution in [2.45, 2.75) is 6.42 Å². The van der Waals surface area contributed by atoms with E-state index >= 15 is 0 Å². The molecule has 0 spiro atoms. The van der Waals surface area contributed by atoms with Gasteiger partial charge in [0.25, 0.3) is 0 Å². The molecule has 1 unspecified atom stereocenters. The first-order valence-corrected chi connectivity index (χ1v) is 7.85. The summed E-state index contributed by atoms with van der Waals surface area (Å²) in [6.45, 7) is 0.250. The topological polar surface area (TPSA) is 93.4 Å². The molecule has 2 heterocycles. The predicted octanol–water partition coefficient (Wildman–Crippen LogP) is 1.03. The van der Waals surface area contributed by atoms with Gasteiger partial charge in [-0.05, 0) is 0 Å². The van der Waals surface area contributed by atoms with Crippen LogP contribution in [0.25, 0.3) is 0 Å². The molecule has 9 heteroatoms. The Labute approximate surface area is 120 Å². The standard InChI is InChI=1S/C10H11Cl2N3O3S/c11-7-2-9(14-3-8(7)12)15-4-6(1-10(15)16)5-19(13,17)18/h2-3,6H,1,4-5H2,(H2,13,17,18). The molecular weight excluding hydrogens is 313 g/mol. The van der Waals surface area contributed by atoms with Crippen LogP contribution >= 0.6 is 23.2 Å². The highest BCUT2D eigenvalue weighted by molar-refractivity contribution is 7.89. The molecule has 1 aliphatic rings. The summed E-state index contributed by atoms with van der Waals surface area (Å²) in [6, 6.07) is 1.47. The molecule has 0 aromatic carbocycles. The summed E-state index contributed by atoms with van der Waals surface area (Å²) in [5.41, 5.74) is 0. The van der Waals surface area contributed by atoms with Crippen LogP contribution in [0.4, 0.5) is 5.82 Å². The van der Waals surface area contributed by atoms with Gasteiger partial charge in [0.2, 0.25) is 15.9 Å². The number of primary sulfonamides is 1. The molecule has 1 aliphatic heterocycles. The Bertz CT molecular complexity index is 620. The highest BCUT2D eigenvalue weighted by Gasteiger charge is 2.33. The van der Waals surface area contributed by atoms with Gasteiger partial charge in [0.05, 0.1) is 15.8 Å². The van der Waals surface area contributed by atoms with E-state index < -0.39 is 10.0 Å². The molecule has 1 saturated heterocycles.